The fourth-order valence-electron chi connectivity index (χ4n) is 2.93. The molecule has 3 rings (SSSR count). The third-order valence-electron chi connectivity index (χ3n) is 4.05. The van der Waals surface area contributed by atoms with Crippen molar-refractivity contribution in [3.63, 3.8) is 0 Å². The summed E-state index contributed by atoms with van der Waals surface area (Å²) in [6, 6.07) is 12.7. The summed E-state index contributed by atoms with van der Waals surface area (Å²) in [6.45, 7) is 0. The molecule has 0 spiro atoms. The van der Waals surface area contributed by atoms with Crippen molar-refractivity contribution in [1.82, 2.24) is 4.90 Å². The minimum absolute atomic E-state index is 0.0248. The maximum absolute atomic E-state index is 14.0. The van der Waals surface area contributed by atoms with Gasteiger partial charge in [-0.1, -0.05) is 40.2 Å². The first-order valence-electron chi connectivity index (χ1n) is 6.88. The predicted molar refractivity (Wildman–Crippen MR) is 83.7 cm³/mol. The highest BCUT2D eigenvalue weighted by atomic mass is 79.9. The second kappa shape index (κ2) is 5.60. The summed E-state index contributed by atoms with van der Waals surface area (Å²) in [4.78, 5) is 14.2. The second-order valence-corrected chi connectivity index (χ2v) is 6.21. The molecule has 0 saturated carbocycles. The molecule has 1 amide bonds. The summed E-state index contributed by atoms with van der Waals surface area (Å²) < 4.78 is 14.6. The lowest BCUT2D eigenvalue weighted by molar-refractivity contribution is 0.0726. The van der Waals surface area contributed by atoms with Gasteiger partial charge in [-0.25, -0.2) is 4.39 Å². The van der Waals surface area contributed by atoms with Crippen molar-refractivity contribution in [3.05, 3.63) is 69.4 Å². The van der Waals surface area contributed by atoms with Gasteiger partial charge in [0.15, 0.2) is 0 Å². The van der Waals surface area contributed by atoms with Crippen LogP contribution in [0.4, 0.5) is 4.39 Å². The molecule has 0 aromatic heterocycles. The molecule has 1 aliphatic rings. The number of fused-ring (bicyclic) bond motifs is 1. The lowest BCUT2D eigenvalue weighted by Gasteiger charge is -2.25. The van der Waals surface area contributed by atoms with E-state index in [4.69, 9.17) is 0 Å². The number of hydrogen-bond acceptors (Lipinski definition) is 1. The zero-order valence-electron chi connectivity index (χ0n) is 11.6. The van der Waals surface area contributed by atoms with Crippen LogP contribution < -0.4 is 0 Å². The van der Waals surface area contributed by atoms with Gasteiger partial charge in [0.2, 0.25) is 0 Å². The van der Waals surface area contributed by atoms with Gasteiger partial charge in [-0.05, 0) is 42.2 Å². The van der Waals surface area contributed by atoms with Crippen LogP contribution in [0.2, 0.25) is 0 Å². The van der Waals surface area contributed by atoms with Crippen LogP contribution in [0.15, 0.2) is 46.9 Å². The van der Waals surface area contributed by atoms with Crippen LogP contribution in [0, 0.1) is 5.82 Å². The maximum atomic E-state index is 14.0. The predicted octanol–water partition coefficient (Wildman–Crippen LogP) is 4.35. The number of aryl methyl sites for hydroxylation is 1. The Morgan fingerprint density at radius 3 is 2.81 bits per heavy atom. The first-order valence-corrected chi connectivity index (χ1v) is 7.67. The molecule has 0 bridgehead atoms. The van der Waals surface area contributed by atoms with E-state index < -0.39 is 5.82 Å². The number of benzene rings is 2. The molecule has 0 saturated heterocycles. The van der Waals surface area contributed by atoms with Crippen molar-refractivity contribution in [2.75, 3.05) is 7.05 Å². The Kier molecular flexibility index (Phi) is 3.81. The van der Waals surface area contributed by atoms with Gasteiger partial charge in [0, 0.05) is 11.5 Å². The molecule has 0 unspecified atom stereocenters. The van der Waals surface area contributed by atoms with Crippen LogP contribution in [0.3, 0.4) is 0 Å². The molecule has 108 valence electrons. The fourth-order valence-corrected chi connectivity index (χ4v) is 3.26. The van der Waals surface area contributed by atoms with Crippen LogP contribution in [0.5, 0.6) is 0 Å². The highest BCUT2D eigenvalue weighted by Crippen LogP contribution is 2.35. The Bertz CT molecular complexity index is 701. The van der Waals surface area contributed by atoms with Gasteiger partial charge in [-0.2, -0.15) is 0 Å². The molecule has 2 aromatic rings. The number of hydrogen-bond donors (Lipinski definition) is 0. The molecule has 2 nitrogen and oxygen atoms in total. The number of nitrogens with zero attached hydrogens (tertiary/aromatic N) is 1. The molecule has 0 radical (unpaired) electrons. The number of carbonyl (C=O) groups is 1. The second-order valence-electron chi connectivity index (χ2n) is 5.29. The Hall–Kier alpha value is -1.68. The highest BCUT2D eigenvalue weighted by molar-refractivity contribution is 9.10. The average Bonchev–Trinajstić information content (AvgIpc) is 2.90. The Balaban J connectivity index is 1.89. The minimum Gasteiger partial charge on any atom is -0.335 e. The molecular formula is C17H15BrFNO. The number of halogens is 2. The van der Waals surface area contributed by atoms with Gasteiger partial charge in [-0.15, -0.1) is 0 Å². The van der Waals surface area contributed by atoms with E-state index in [2.05, 4.69) is 28.1 Å². The van der Waals surface area contributed by atoms with Crippen molar-refractivity contribution in [1.29, 1.82) is 0 Å². The summed E-state index contributed by atoms with van der Waals surface area (Å²) in [7, 11) is 1.75. The average molecular weight is 348 g/mol. The van der Waals surface area contributed by atoms with Crippen molar-refractivity contribution < 1.29 is 9.18 Å². The van der Waals surface area contributed by atoms with Crippen molar-refractivity contribution in [2.24, 2.45) is 0 Å². The van der Waals surface area contributed by atoms with E-state index in [1.165, 1.54) is 23.3 Å². The van der Waals surface area contributed by atoms with Gasteiger partial charge < -0.3 is 4.90 Å². The Labute approximate surface area is 131 Å². The van der Waals surface area contributed by atoms with Gasteiger partial charge >= 0.3 is 0 Å². The van der Waals surface area contributed by atoms with E-state index in [0.29, 0.717) is 4.47 Å². The van der Waals surface area contributed by atoms with Crippen molar-refractivity contribution >= 4 is 21.8 Å². The van der Waals surface area contributed by atoms with E-state index in [1.807, 2.05) is 12.1 Å². The zero-order chi connectivity index (χ0) is 15.0. The van der Waals surface area contributed by atoms with Crippen LogP contribution in [-0.2, 0) is 6.42 Å². The third kappa shape index (κ3) is 2.60. The van der Waals surface area contributed by atoms with Crippen molar-refractivity contribution in [3.8, 4) is 0 Å². The normalized spacial score (nSPS) is 16.6. The lowest BCUT2D eigenvalue weighted by atomic mass is 10.1. The summed E-state index contributed by atoms with van der Waals surface area (Å²) in [6.07, 6.45) is 1.85. The molecule has 0 fully saturated rings. The van der Waals surface area contributed by atoms with Crippen LogP contribution >= 0.6 is 15.9 Å². The molecule has 21 heavy (non-hydrogen) atoms. The Morgan fingerprint density at radius 2 is 2.05 bits per heavy atom. The van der Waals surface area contributed by atoms with Crippen LogP contribution in [0.1, 0.15) is 33.9 Å². The smallest absolute Gasteiger partial charge is 0.257 e. The molecule has 0 heterocycles. The van der Waals surface area contributed by atoms with E-state index >= 15 is 0 Å². The fraction of sp³-hybridized carbons (Fsp3) is 0.235. The number of carbonyl (C=O) groups excluding carboxylic acids is 1. The third-order valence-corrected chi connectivity index (χ3v) is 4.54. The molecule has 0 N–H and O–H groups in total. The van der Waals surface area contributed by atoms with E-state index in [1.54, 1.807) is 18.0 Å². The SMILES string of the molecule is CN(C(=O)c1ccc(Br)cc1F)[C@@H]1CCc2ccccc21. The molecule has 1 aliphatic carbocycles. The maximum Gasteiger partial charge on any atom is 0.257 e. The quantitative estimate of drug-likeness (QED) is 0.790. The molecular weight excluding hydrogens is 333 g/mol. The monoisotopic (exact) mass is 347 g/mol. The van der Waals surface area contributed by atoms with Crippen LogP contribution in [0.25, 0.3) is 0 Å². The lowest BCUT2D eigenvalue weighted by Crippen LogP contribution is -2.30. The first-order chi connectivity index (χ1) is 10.1. The van der Waals surface area contributed by atoms with Crippen LogP contribution in [-0.4, -0.2) is 17.9 Å². The van der Waals surface area contributed by atoms with Gasteiger partial charge in [0.25, 0.3) is 5.91 Å². The zero-order valence-corrected chi connectivity index (χ0v) is 13.2. The topological polar surface area (TPSA) is 20.3 Å². The first kappa shape index (κ1) is 14.3. The van der Waals surface area contributed by atoms with E-state index in [9.17, 15) is 9.18 Å². The van der Waals surface area contributed by atoms with Crippen molar-refractivity contribution in [2.45, 2.75) is 18.9 Å². The summed E-state index contributed by atoms with van der Waals surface area (Å²) >= 11 is 3.21. The summed E-state index contributed by atoms with van der Waals surface area (Å²) in [5, 5.41) is 0. The van der Waals surface area contributed by atoms with Gasteiger partial charge in [-0.3, -0.25) is 4.79 Å². The summed E-state index contributed by atoms with van der Waals surface area (Å²) in [5.41, 5.74) is 2.56. The summed E-state index contributed by atoms with van der Waals surface area (Å²) in [5.74, 6) is -0.769. The Morgan fingerprint density at radius 1 is 1.29 bits per heavy atom. The minimum atomic E-state index is -0.493. The van der Waals surface area contributed by atoms with Gasteiger partial charge in [0.1, 0.15) is 5.82 Å². The highest BCUT2D eigenvalue weighted by Gasteiger charge is 2.29. The molecule has 4 heteroatoms. The largest absolute Gasteiger partial charge is 0.335 e. The van der Waals surface area contributed by atoms with E-state index in [-0.39, 0.29) is 17.5 Å². The number of amides is 1. The molecule has 2 aromatic carbocycles. The molecule has 1 atom stereocenters. The van der Waals surface area contributed by atoms with E-state index in [0.717, 1.165) is 12.8 Å². The van der Waals surface area contributed by atoms with Gasteiger partial charge in [0.05, 0.1) is 11.6 Å². The number of rotatable bonds is 2. The molecule has 0 aliphatic heterocycles. The standard InChI is InChI=1S/C17H15BrFNO/c1-20(16-9-6-11-4-2-3-5-13(11)16)17(21)14-8-7-12(18)10-15(14)19/h2-5,7-8,10,16H,6,9H2,1H3/t16-/m1/s1.